The van der Waals surface area contributed by atoms with E-state index in [-0.39, 0.29) is 6.61 Å². The van der Waals surface area contributed by atoms with Gasteiger partial charge in [0, 0.05) is 13.1 Å². The van der Waals surface area contributed by atoms with Crippen molar-refractivity contribution in [3.63, 3.8) is 0 Å². The summed E-state index contributed by atoms with van der Waals surface area (Å²) in [5.41, 5.74) is 2.92. The third-order valence-electron chi connectivity index (χ3n) is 5.01. The Balaban J connectivity index is 2.15. The molecule has 1 aliphatic heterocycles. The lowest BCUT2D eigenvalue weighted by molar-refractivity contribution is -0.0255. The van der Waals surface area contributed by atoms with Crippen molar-refractivity contribution in [1.29, 1.82) is 0 Å². The van der Waals surface area contributed by atoms with E-state index in [1.54, 1.807) is 7.11 Å². The molecule has 1 atom stereocenters. The number of aliphatic hydroxyl groups is 2. The van der Waals surface area contributed by atoms with Gasteiger partial charge < -0.3 is 14.9 Å². The maximum absolute atomic E-state index is 10.3. The van der Waals surface area contributed by atoms with Crippen molar-refractivity contribution in [3.8, 4) is 5.75 Å². The predicted octanol–water partition coefficient (Wildman–Crippen LogP) is 2.84. The first kappa shape index (κ1) is 18.2. The summed E-state index contributed by atoms with van der Waals surface area (Å²) in [4.78, 5) is 2.38. The van der Waals surface area contributed by atoms with Gasteiger partial charge >= 0.3 is 0 Å². The van der Waals surface area contributed by atoms with Crippen LogP contribution in [0.15, 0.2) is 12.1 Å². The maximum atomic E-state index is 10.3. The van der Waals surface area contributed by atoms with E-state index in [9.17, 15) is 10.2 Å². The van der Waals surface area contributed by atoms with E-state index in [1.165, 1.54) is 16.7 Å². The molecule has 1 fully saturated rings. The van der Waals surface area contributed by atoms with E-state index in [0.717, 1.165) is 31.8 Å². The normalized spacial score (nSPS) is 23.1. The Hall–Kier alpha value is -1.10. The molecule has 4 nitrogen and oxygen atoms in total. The zero-order valence-corrected chi connectivity index (χ0v) is 14.9. The third-order valence-corrected chi connectivity index (χ3v) is 5.01. The molecule has 0 aliphatic carbocycles. The molecular formula is C19H31NO3. The van der Waals surface area contributed by atoms with Crippen LogP contribution in [0.3, 0.4) is 0 Å². The lowest BCUT2D eigenvalue weighted by Gasteiger charge is -2.25. The van der Waals surface area contributed by atoms with Gasteiger partial charge in [-0.15, -0.1) is 0 Å². The Bertz CT molecular complexity index is 530. The topological polar surface area (TPSA) is 52.9 Å². The Kier molecular flexibility index (Phi) is 6.06. The number of rotatable bonds is 5. The molecule has 1 aliphatic rings. The lowest BCUT2D eigenvalue weighted by atomic mass is 9.96. The molecule has 0 bridgehead atoms. The van der Waals surface area contributed by atoms with Crippen molar-refractivity contribution in [2.45, 2.75) is 58.1 Å². The van der Waals surface area contributed by atoms with E-state index in [0.29, 0.717) is 18.8 Å². The molecule has 0 unspecified atom stereocenters. The highest BCUT2D eigenvalue weighted by atomic mass is 16.5. The fraction of sp³-hybridized carbons (Fsp3) is 0.684. The van der Waals surface area contributed by atoms with Crippen molar-refractivity contribution >= 4 is 0 Å². The minimum Gasteiger partial charge on any atom is -0.496 e. The van der Waals surface area contributed by atoms with Crippen LogP contribution in [0.2, 0.25) is 0 Å². The van der Waals surface area contributed by atoms with E-state index >= 15 is 0 Å². The van der Waals surface area contributed by atoms with E-state index in [1.807, 2.05) is 0 Å². The van der Waals surface area contributed by atoms with Crippen LogP contribution in [0, 0.1) is 6.92 Å². The molecule has 23 heavy (non-hydrogen) atoms. The van der Waals surface area contributed by atoms with Crippen molar-refractivity contribution in [2.75, 3.05) is 26.8 Å². The average molecular weight is 321 g/mol. The van der Waals surface area contributed by atoms with Crippen molar-refractivity contribution in [1.82, 2.24) is 4.90 Å². The summed E-state index contributed by atoms with van der Waals surface area (Å²) in [5.74, 6) is 1.39. The monoisotopic (exact) mass is 321 g/mol. The third kappa shape index (κ3) is 4.46. The van der Waals surface area contributed by atoms with Crippen LogP contribution in [-0.4, -0.2) is 47.5 Å². The number of aryl methyl sites for hydroxylation is 1. The quantitative estimate of drug-likeness (QED) is 0.875. The molecule has 1 aromatic carbocycles. The molecule has 0 amide bonds. The zero-order valence-electron chi connectivity index (χ0n) is 14.9. The standard InChI is InChI=1S/C19H31NO3/c1-14(2)17-11-16(15(3)10-18(17)23-4)12-20-8-5-6-19(22,13-21)7-9-20/h10-11,14,21-22H,5-9,12-13H2,1-4H3/t19-/m0/s1. The van der Waals surface area contributed by atoms with Crippen LogP contribution < -0.4 is 4.74 Å². The van der Waals surface area contributed by atoms with Gasteiger partial charge in [0.1, 0.15) is 5.75 Å². The Morgan fingerprint density at radius 3 is 2.61 bits per heavy atom. The first-order valence-corrected chi connectivity index (χ1v) is 8.61. The van der Waals surface area contributed by atoms with E-state index in [2.05, 4.69) is 37.8 Å². The molecule has 2 rings (SSSR count). The number of likely N-dealkylation sites (tertiary alicyclic amines) is 1. The molecule has 0 saturated carbocycles. The smallest absolute Gasteiger partial charge is 0.122 e. The van der Waals surface area contributed by atoms with Gasteiger partial charge in [0.2, 0.25) is 0 Å². The van der Waals surface area contributed by atoms with Gasteiger partial charge in [-0.1, -0.05) is 19.9 Å². The Morgan fingerprint density at radius 1 is 1.26 bits per heavy atom. The van der Waals surface area contributed by atoms with Crippen LogP contribution >= 0.6 is 0 Å². The second-order valence-corrected chi connectivity index (χ2v) is 7.19. The van der Waals surface area contributed by atoms with Crippen molar-refractivity contribution in [3.05, 3.63) is 28.8 Å². The molecule has 4 heteroatoms. The number of ether oxygens (including phenoxy) is 1. The van der Waals surface area contributed by atoms with Gasteiger partial charge in [0.05, 0.1) is 19.3 Å². The Morgan fingerprint density at radius 2 is 2.00 bits per heavy atom. The van der Waals surface area contributed by atoms with Crippen LogP contribution in [-0.2, 0) is 6.54 Å². The van der Waals surface area contributed by atoms with Gasteiger partial charge in [-0.05, 0) is 61.4 Å². The molecule has 1 heterocycles. The van der Waals surface area contributed by atoms with Crippen LogP contribution in [0.25, 0.3) is 0 Å². The molecule has 1 aromatic rings. The Labute approximate surface area is 140 Å². The van der Waals surface area contributed by atoms with E-state index in [4.69, 9.17) is 4.74 Å². The highest BCUT2D eigenvalue weighted by molar-refractivity contribution is 5.43. The predicted molar refractivity (Wildman–Crippen MR) is 93.0 cm³/mol. The first-order chi connectivity index (χ1) is 10.9. The molecule has 130 valence electrons. The fourth-order valence-corrected chi connectivity index (χ4v) is 3.34. The summed E-state index contributed by atoms with van der Waals surface area (Å²) in [6, 6.07) is 4.40. The average Bonchev–Trinajstić information content (AvgIpc) is 2.71. The summed E-state index contributed by atoms with van der Waals surface area (Å²) >= 11 is 0. The zero-order chi connectivity index (χ0) is 17.0. The minimum absolute atomic E-state index is 0.139. The molecular weight excluding hydrogens is 290 g/mol. The van der Waals surface area contributed by atoms with Crippen molar-refractivity contribution in [2.24, 2.45) is 0 Å². The fourth-order valence-electron chi connectivity index (χ4n) is 3.34. The molecule has 0 aromatic heterocycles. The van der Waals surface area contributed by atoms with Gasteiger partial charge in [0.25, 0.3) is 0 Å². The summed E-state index contributed by atoms with van der Waals surface area (Å²) < 4.78 is 5.52. The highest BCUT2D eigenvalue weighted by Gasteiger charge is 2.29. The summed E-state index contributed by atoms with van der Waals surface area (Å²) in [6.45, 7) is 9.03. The number of benzene rings is 1. The number of hydrogen-bond acceptors (Lipinski definition) is 4. The summed E-state index contributed by atoms with van der Waals surface area (Å²) in [5, 5.41) is 19.7. The summed E-state index contributed by atoms with van der Waals surface area (Å²) in [7, 11) is 1.73. The molecule has 0 radical (unpaired) electrons. The van der Waals surface area contributed by atoms with Gasteiger partial charge in [-0.25, -0.2) is 0 Å². The molecule has 2 N–H and O–H groups in total. The largest absolute Gasteiger partial charge is 0.496 e. The van der Waals surface area contributed by atoms with Crippen LogP contribution in [0.5, 0.6) is 5.75 Å². The van der Waals surface area contributed by atoms with Gasteiger partial charge in [-0.2, -0.15) is 0 Å². The molecule has 0 spiro atoms. The first-order valence-electron chi connectivity index (χ1n) is 8.61. The second kappa shape index (κ2) is 7.65. The number of hydrogen-bond donors (Lipinski definition) is 2. The van der Waals surface area contributed by atoms with Crippen LogP contribution in [0.1, 0.15) is 55.7 Å². The van der Waals surface area contributed by atoms with Gasteiger partial charge in [0.15, 0.2) is 0 Å². The SMILES string of the molecule is COc1cc(C)c(CN2CCC[C@@](O)(CO)CC2)cc1C(C)C. The second-order valence-electron chi connectivity index (χ2n) is 7.19. The maximum Gasteiger partial charge on any atom is 0.122 e. The number of nitrogens with zero attached hydrogens (tertiary/aromatic N) is 1. The van der Waals surface area contributed by atoms with E-state index < -0.39 is 5.60 Å². The molecule has 1 saturated heterocycles. The number of methoxy groups -OCH3 is 1. The van der Waals surface area contributed by atoms with Crippen molar-refractivity contribution < 1.29 is 14.9 Å². The minimum atomic E-state index is -0.896. The van der Waals surface area contributed by atoms with Gasteiger partial charge in [-0.3, -0.25) is 4.90 Å². The lowest BCUT2D eigenvalue weighted by Crippen LogP contribution is -2.34. The number of aliphatic hydroxyl groups excluding tert-OH is 1. The van der Waals surface area contributed by atoms with Crippen LogP contribution in [0.4, 0.5) is 0 Å². The summed E-state index contributed by atoms with van der Waals surface area (Å²) in [6.07, 6.45) is 2.23. The highest BCUT2D eigenvalue weighted by Crippen LogP contribution is 2.31.